The minimum Gasteiger partial charge on any atom is -0.377 e. The molecule has 0 bridgehead atoms. The topological polar surface area (TPSA) is 71.2 Å². The van der Waals surface area contributed by atoms with Gasteiger partial charge in [0.1, 0.15) is 5.69 Å². The fourth-order valence-electron chi connectivity index (χ4n) is 5.17. The number of aromatic nitrogens is 1. The van der Waals surface area contributed by atoms with Crippen molar-refractivity contribution in [3.05, 3.63) is 22.5 Å². The summed E-state index contributed by atoms with van der Waals surface area (Å²) in [6.45, 7) is 6.05. The van der Waals surface area contributed by atoms with Crippen LogP contribution in [0.3, 0.4) is 0 Å². The number of rotatable bonds is 3. The van der Waals surface area contributed by atoms with Crippen LogP contribution in [-0.4, -0.2) is 35.4 Å². The molecular weight excluding hydrogens is 292 g/mol. The summed E-state index contributed by atoms with van der Waals surface area (Å²) in [4.78, 5) is 27.6. The summed E-state index contributed by atoms with van der Waals surface area (Å²) in [5, 5.41) is 3.26. The molecular formula is C18H24N2O3. The average molecular weight is 316 g/mol. The first-order chi connectivity index (χ1) is 11.0. The van der Waals surface area contributed by atoms with Crippen LogP contribution in [0, 0.1) is 25.2 Å². The number of ether oxygens (including phenoxy) is 1. The van der Waals surface area contributed by atoms with Gasteiger partial charge in [-0.2, -0.15) is 0 Å². The second-order valence-electron chi connectivity index (χ2n) is 7.46. The fraction of sp³-hybridized carbons (Fsp3) is 0.667. The van der Waals surface area contributed by atoms with Crippen molar-refractivity contribution in [3.63, 3.8) is 0 Å². The summed E-state index contributed by atoms with van der Waals surface area (Å²) in [5.41, 5.74) is 2.88. The van der Waals surface area contributed by atoms with E-state index in [4.69, 9.17) is 4.74 Å². The molecule has 5 heteroatoms. The van der Waals surface area contributed by atoms with Crippen molar-refractivity contribution in [2.45, 2.75) is 58.6 Å². The number of carbonyl (C=O) groups excluding carboxylic acids is 2. The van der Waals surface area contributed by atoms with E-state index in [2.05, 4.69) is 10.3 Å². The number of hydrogen-bond acceptors (Lipinski definition) is 3. The second kappa shape index (κ2) is 4.94. The number of ketones is 1. The maximum absolute atomic E-state index is 12.8. The van der Waals surface area contributed by atoms with E-state index < -0.39 is 0 Å². The Morgan fingerprint density at radius 1 is 1.30 bits per heavy atom. The molecule has 1 saturated heterocycles. The maximum Gasteiger partial charge on any atom is 0.268 e. The van der Waals surface area contributed by atoms with Gasteiger partial charge in [-0.15, -0.1) is 0 Å². The lowest BCUT2D eigenvalue weighted by atomic mass is 9.46. The molecule has 0 aromatic carbocycles. The van der Waals surface area contributed by atoms with Gasteiger partial charge in [-0.3, -0.25) is 9.59 Å². The van der Waals surface area contributed by atoms with Gasteiger partial charge < -0.3 is 15.0 Å². The third-order valence-corrected chi connectivity index (χ3v) is 6.34. The number of nitrogens with one attached hydrogen (secondary N) is 2. The van der Waals surface area contributed by atoms with Crippen LogP contribution >= 0.6 is 0 Å². The number of fused-ring (bicyclic) bond motifs is 2. The molecule has 4 rings (SSSR count). The predicted molar refractivity (Wildman–Crippen MR) is 85.7 cm³/mol. The van der Waals surface area contributed by atoms with Gasteiger partial charge in [0.2, 0.25) is 0 Å². The normalized spacial score (nSPS) is 30.5. The minimum absolute atomic E-state index is 0.00124. The molecule has 3 aliphatic rings. The maximum atomic E-state index is 12.8. The number of aromatic amines is 1. The SMILES string of the molecule is CC(=O)c1c(C)[nH]c(C(=O)N[C@@H]2[C@@H]3CCO[C@@H]3C23CCC3)c1C. The summed E-state index contributed by atoms with van der Waals surface area (Å²) in [6, 6.07) is 0.222. The monoisotopic (exact) mass is 316 g/mol. The number of amides is 1. The van der Waals surface area contributed by atoms with Crippen molar-refractivity contribution in [3.8, 4) is 0 Å². The molecule has 5 nitrogen and oxygen atoms in total. The molecule has 3 atom stereocenters. The molecule has 2 N–H and O–H groups in total. The first-order valence-corrected chi connectivity index (χ1v) is 8.58. The molecule has 0 radical (unpaired) electrons. The highest BCUT2D eigenvalue weighted by molar-refractivity contribution is 6.02. The van der Waals surface area contributed by atoms with Crippen LogP contribution < -0.4 is 5.32 Å². The van der Waals surface area contributed by atoms with Crippen molar-refractivity contribution in [1.82, 2.24) is 10.3 Å². The van der Waals surface area contributed by atoms with Crippen LogP contribution in [0.5, 0.6) is 0 Å². The van der Waals surface area contributed by atoms with Crippen LogP contribution in [0.4, 0.5) is 0 Å². The van der Waals surface area contributed by atoms with Crippen LogP contribution in [0.15, 0.2) is 0 Å². The molecule has 2 aliphatic carbocycles. The van der Waals surface area contributed by atoms with E-state index >= 15 is 0 Å². The predicted octanol–water partition coefficient (Wildman–Crippen LogP) is 2.52. The van der Waals surface area contributed by atoms with E-state index in [1.54, 1.807) is 6.92 Å². The summed E-state index contributed by atoms with van der Waals surface area (Å²) >= 11 is 0. The number of hydrogen-bond donors (Lipinski definition) is 2. The Bertz CT molecular complexity index is 687. The van der Waals surface area contributed by atoms with Gasteiger partial charge in [-0.05, 0) is 45.6 Å². The molecule has 23 heavy (non-hydrogen) atoms. The zero-order chi connectivity index (χ0) is 16.4. The number of aryl methyl sites for hydroxylation is 1. The Balaban J connectivity index is 1.57. The Kier molecular flexibility index (Phi) is 3.21. The van der Waals surface area contributed by atoms with Crippen LogP contribution in [0.2, 0.25) is 0 Å². The minimum atomic E-state index is -0.0836. The Morgan fingerprint density at radius 2 is 2.04 bits per heavy atom. The Labute approximate surface area is 136 Å². The molecule has 1 amide bonds. The molecule has 1 aliphatic heterocycles. The first kappa shape index (κ1) is 14.9. The van der Waals surface area contributed by atoms with Gasteiger partial charge in [-0.1, -0.05) is 6.42 Å². The summed E-state index contributed by atoms with van der Waals surface area (Å²) in [6.07, 6.45) is 4.93. The highest BCUT2D eigenvalue weighted by Crippen LogP contribution is 2.62. The van der Waals surface area contributed by atoms with Gasteiger partial charge in [0.05, 0.1) is 6.10 Å². The molecule has 2 heterocycles. The van der Waals surface area contributed by atoms with E-state index in [0.717, 1.165) is 37.1 Å². The van der Waals surface area contributed by atoms with Crippen molar-refractivity contribution >= 4 is 11.7 Å². The van der Waals surface area contributed by atoms with E-state index in [1.807, 2.05) is 13.8 Å². The molecule has 0 unspecified atom stereocenters. The molecule has 1 aromatic rings. The first-order valence-electron chi connectivity index (χ1n) is 8.58. The lowest BCUT2D eigenvalue weighted by Crippen LogP contribution is -2.71. The van der Waals surface area contributed by atoms with E-state index in [9.17, 15) is 9.59 Å². The zero-order valence-corrected chi connectivity index (χ0v) is 14.0. The molecule has 1 spiro atoms. The van der Waals surface area contributed by atoms with E-state index in [1.165, 1.54) is 6.42 Å². The smallest absolute Gasteiger partial charge is 0.268 e. The van der Waals surface area contributed by atoms with E-state index in [-0.39, 0.29) is 23.1 Å². The number of carbonyl (C=O) groups is 2. The number of Topliss-reactive ketones (excluding diaryl/α,β-unsaturated/α-hetero) is 1. The van der Waals surface area contributed by atoms with E-state index in [0.29, 0.717) is 23.3 Å². The average Bonchev–Trinajstić information content (AvgIpc) is 2.97. The van der Waals surface area contributed by atoms with Gasteiger partial charge >= 0.3 is 0 Å². The largest absolute Gasteiger partial charge is 0.377 e. The van der Waals surface area contributed by atoms with Gasteiger partial charge in [0.25, 0.3) is 5.91 Å². The van der Waals surface area contributed by atoms with Crippen molar-refractivity contribution < 1.29 is 14.3 Å². The highest BCUT2D eigenvalue weighted by Gasteiger charge is 2.67. The summed E-state index contributed by atoms with van der Waals surface area (Å²) in [7, 11) is 0. The quantitative estimate of drug-likeness (QED) is 0.842. The Hall–Kier alpha value is -1.62. The standard InChI is InChI=1S/C18H24N2O3/c1-9-13(11(3)21)10(2)19-14(9)17(22)20-15-12-5-8-23-16(12)18(15)6-4-7-18/h12,15-16,19H,4-8H2,1-3H3,(H,20,22)/t12-,15+,16-/m0/s1. The third-order valence-electron chi connectivity index (χ3n) is 6.34. The summed E-state index contributed by atoms with van der Waals surface area (Å²) < 4.78 is 5.90. The molecule has 2 saturated carbocycles. The zero-order valence-electron chi connectivity index (χ0n) is 14.0. The van der Waals surface area contributed by atoms with Crippen molar-refractivity contribution in [1.29, 1.82) is 0 Å². The fourth-order valence-corrected chi connectivity index (χ4v) is 5.17. The molecule has 3 fully saturated rings. The lowest BCUT2D eigenvalue weighted by molar-refractivity contribution is -0.172. The molecule has 124 valence electrons. The van der Waals surface area contributed by atoms with Gasteiger partial charge in [-0.25, -0.2) is 0 Å². The molecule has 1 aromatic heterocycles. The van der Waals surface area contributed by atoms with Crippen LogP contribution in [-0.2, 0) is 4.74 Å². The van der Waals surface area contributed by atoms with Crippen molar-refractivity contribution in [2.24, 2.45) is 11.3 Å². The number of H-pyrrole nitrogens is 1. The Morgan fingerprint density at radius 3 is 2.61 bits per heavy atom. The van der Waals surface area contributed by atoms with Gasteiger partial charge in [0, 0.05) is 35.2 Å². The van der Waals surface area contributed by atoms with Crippen molar-refractivity contribution in [2.75, 3.05) is 6.61 Å². The summed E-state index contributed by atoms with van der Waals surface area (Å²) in [5.74, 6) is 0.376. The third kappa shape index (κ3) is 1.89. The van der Waals surface area contributed by atoms with Crippen LogP contribution in [0.25, 0.3) is 0 Å². The second-order valence-corrected chi connectivity index (χ2v) is 7.46. The van der Waals surface area contributed by atoms with Gasteiger partial charge in [0.15, 0.2) is 5.78 Å². The van der Waals surface area contributed by atoms with Crippen LogP contribution in [0.1, 0.15) is 64.7 Å². The highest BCUT2D eigenvalue weighted by atomic mass is 16.5. The lowest BCUT2D eigenvalue weighted by Gasteiger charge is -2.63.